The number of fused-ring (bicyclic) bond motifs is 1. The van der Waals surface area contributed by atoms with Gasteiger partial charge in [0.25, 0.3) is 5.91 Å². The average molecular weight is 377 g/mol. The first-order valence-corrected chi connectivity index (χ1v) is 9.97. The van der Waals surface area contributed by atoms with Gasteiger partial charge in [-0.3, -0.25) is 4.79 Å². The molecule has 2 N–H and O–H groups in total. The fourth-order valence-electron chi connectivity index (χ4n) is 4.13. The van der Waals surface area contributed by atoms with Crippen LogP contribution in [0.25, 0.3) is 10.9 Å². The molecule has 1 aliphatic heterocycles. The summed E-state index contributed by atoms with van der Waals surface area (Å²) in [6, 6.07) is 15.9. The van der Waals surface area contributed by atoms with Crippen LogP contribution < -0.4 is 10.2 Å². The van der Waals surface area contributed by atoms with Gasteiger partial charge in [0.05, 0.1) is 0 Å². The molecule has 1 amide bonds. The Labute approximate surface area is 166 Å². The number of H-pyrrole nitrogens is 1. The lowest BCUT2D eigenvalue weighted by atomic mass is 9.96. The molecule has 0 aliphatic carbocycles. The first-order chi connectivity index (χ1) is 13.6. The number of amides is 1. The number of carbonyl (C=O) groups is 1. The van der Waals surface area contributed by atoms with E-state index in [4.69, 9.17) is 0 Å². The monoisotopic (exact) mass is 376 g/mol. The molecule has 3 aromatic rings. The topological polar surface area (TPSA) is 51.4 Å². The molecular formula is C23H28N4O. The zero-order valence-corrected chi connectivity index (χ0v) is 16.6. The van der Waals surface area contributed by atoms with Gasteiger partial charge in [-0.15, -0.1) is 0 Å². The van der Waals surface area contributed by atoms with Crippen LogP contribution in [-0.4, -0.2) is 49.5 Å². The number of carbonyl (C=O) groups excluding carboxylic acids is 1. The van der Waals surface area contributed by atoms with Gasteiger partial charge in [-0.05, 0) is 75.3 Å². The van der Waals surface area contributed by atoms with Crippen molar-refractivity contribution in [1.82, 2.24) is 9.88 Å². The number of hydrogen-bond donors (Lipinski definition) is 2. The van der Waals surface area contributed by atoms with Gasteiger partial charge in [-0.1, -0.05) is 6.07 Å². The molecule has 0 radical (unpaired) electrons. The van der Waals surface area contributed by atoms with E-state index in [2.05, 4.69) is 46.3 Å². The summed E-state index contributed by atoms with van der Waals surface area (Å²) < 4.78 is 0. The van der Waals surface area contributed by atoms with Gasteiger partial charge in [0.2, 0.25) is 0 Å². The van der Waals surface area contributed by atoms with Crippen LogP contribution in [0, 0.1) is 5.92 Å². The molecule has 0 saturated carbocycles. The highest BCUT2D eigenvalue weighted by atomic mass is 16.1. The van der Waals surface area contributed by atoms with Crippen molar-refractivity contribution >= 4 is 28.2 Å². The summed E-state index contributed by atoms with van der Waals surface area (Å²) in [5.74, 6) is 0.711. The van der Waals surface area contributed by atoms with Crippen molar-refractivity contribution in [3.05, 3.63) is 60.3 Å². The molecule has 5 nitrogen and oxygen atoms in total. The maximum Gasteiger partial charge on any atom is 0.256 e. The zero-order chi connectivity index (χ0) is 19.5. The maximum absolute atomic E-state index is 12.7. The molecule has 1 fully saturated rings. The normalized spacial score (nSPS) is 15.3. The van der Waals surface area contributed by atoms with Crippen LogP contribution in [0.15, 0.2) is 54.7 Å². The van der Waals surface area contributed by atoms with E-state index >= 15 is 0 Å². The predicted molar refractivity (Wildman–Crippen MR) is 116 cm³/mol. The number of aromatic nitrogens is 1. The second-order valence-corrected chi connectivity index (χ2v) is 7.94. The number of nitrogens with one attached hydrogen (secondary N) is 2. The Balaban J connectivity index is 1.39. The van der Waals surface area contributed by atoms with Crippen molar-refractivity contribution in [1.29, 1.82) is 0 Å². The molecule has 0 atom stereocenters. The lowest BCUT2D eigenvalue weighted by Crippen LogP contribution is -2.37. The minimum absolute atomic E-state index is 0.0811. The summed E-state index contributed by atoms with van der Waals surface area (Å²) in [5.41, 5.74) is 3.71. The lowest BCUT2D eigenvalue weighted by molar-refractivity contribution is 0.102. The number of aromatic amines is 1. The quantitative estimate of drug-likeness (QED) is 0.702. The van der Waals surface area contributed by atoms with Gasteiger partial charge in [0.15, 0.2) is 0 Å². The van der Waals surface area contributed by atoms with Crippen LogP contribution in [-0.2, 0) is 0 Å². The lowest BCUT2D eigenvalue weighted by Gasteiger charge is -2.34. The van der Waals surface area contributed by atoms with Crippen molar-refractivity contribution in [3.63, 3.8) is 0 Å². The smallest absolute Gasteiger partial charge is 0.256 e. The summed E-state index contributed by atoms with van der Waals surface area (Å²) in [6.07, 6.45) is 4.33. The zero-order valence-electron chi connectivity index (χ0n) is 16.6. The second kappa shape index (κ2) is 8.07. The number of anilines is 2. The predicted octanol–water partition coefficient (Wildman–Crippen LogP) is 4.20. The van der Waals surface area contributed by atoms with Gasteiger partial charge in [0.1, 0.15) is 0 Å². The van der Waals surface area contributed by atoms with Gasteiger partial charge in [-0.2, -0.15) is 0 Å². The van der Waals surface area contributed by atoms with Crippen LogP contribution in [0.2, 0.25) is 0 Å². The van der Waals surface area contributed by atoms with E-state index in [0.717, 1.165) is 35.6 Å². The molecule has 2 aromatic carbocycles. The summed E-state index contributed by atoms with van der Waals surface area (Å²) in [7, 11) is 4.30. The van der Waals surface area contributed by atoms with Crippen LogP contribution in [0.3, 0.4) is 0 Å². The van der Waals surface area contributed by atoms with E-state index in [-0.39, 0.29) is 5.91 Å². The maximum atomic E-state index is 12.7. The Bertz CT molecular complexity index is 937. The standard InChI is InChI=1S/C23H28N4O/c1-26(2)16-17-11-14-27(15-12-17)19-8-6-18(7-9-19)25-23(28)21-4-3-5-22-20(21)10-13-24-22/h3-10,13,17,24H,11-12,14-16H2,1-2H3,(H,25,28). The van der Waals surface area contributed by atoms with E-state index in [1.807, 2.05) is 42.6 Å². The SMILES string of the molecule is CN(C)CC1CCN(c2ccc(NC(=O)c3cccc4[nH]ccc34)cc2)CC1. The summed E-state index contributed by atoms with van der Waals surface area (Å²) >= 11 is 0. The molecular weight excluding hydrogens is 348 g/mol. The third-order valence-electron chi connectivity index (χ3n) is 5.57. The molecule has 1 aromatic heterocycles. The Morgan fingerprint density at radius 3 is 2.57 bits per heavy atom. The van der Waals surface area contributed by atoms with E-state index in [9.17, 15) is 4.79 Å². The average Bonchev–Trinajstić information content (AvgIpc) is 3.17. The number of benzene rings is 2. The third kappa shape index (κ3) is 4.04. The highest BCUT2D eigenvalue weighted by molar-refractivity contribution is 6.12. The third-order valence-corrected chi connectivity index (χ3v) is 5.57. The van der Waals surface area contributed by atoms with Gasteiger partial charge >= 0.3 is 0 Å². The first kappa shape index (κ1) is 18.6. The van der Waals surface area contributed by atoms with Crippen LogP contribution in [0.4, 0.5) is 11.4 Å². The molecule has 1 aliphatic rings. The molecule has 0 bridgehead atoms. The minimum atomic E-state index is -0.0811. The molecule has 146 valence electrons. The van der Waals surface area contributed by atoms with Crippen LogP contribution >= 0.6 is 0 Å². The van der Waals surface area contributed by atoms with Crippen molar-refractivity contribution in [2.45, 2.75) is 12.8 Å². The summed E-state index contributed by atoms with van der Waals surface area (Å²) in [6.45, 7) is 3.37. The van der Waals surface area contributed by atoms with Gasteiger partial charge in [-0.25, -0.2) is 0 Å². The fraction of sp³-hybridized carbons (Fsp3) is 0.348. The highest BCUT2D eigenvalue weighted by Crippen LogP contribution is 2.25. The molecule has 2 heterocycles. The Kier molecular flexibility index (Phi) is 5.35. The molecule has 4 rings (SSSR count). The Morgan fingerprint density at radius 1 is 1.11 bits per heavy atom. The van der Waals surface area contributed by atoms with Crippen molar-refractivity contribution in [3.8, 4) is 0 Å². The highest BCUT2D eigenvalue weighted by Gasteiger charge is 2.20. The fourth-order valence-corrected chi connectivity index (χ4v) is 4.13. The summed E-state index contributed by atoms with van der Waals surface area (Å²) in [4.78, 5) is 20.6. The molecule has 0 unspecified atom stereocenters. The van der Waals surface area contributed by atoms with Crippen molar-refractivity contribution in [2.75, 3.05) is 43.9 Å². The molecule has 5 heteroatoms. The number of piperidine rings is 1. The molecule has 28 heavy (non-hydrogen) atoms. The van der Waals surface area contributed by atoms with E-state index in [0.29, 0.717) is 5.56 Å². The number of rotatable bonds is 5. The van der Waals surface area contributed by atoms with Crippen molar-refractivity contribution in [2.24, 2.45) is 5.92 Å². The number of hydrogen-bond acceptors (Lipinski definition) is 3. The second-order valence-electron chi connectivity index (χ2n) is 7.94. The van der Waals surface area contributed by atoms with E-state index < -0.39 is 0 Å². The summed E-state index contributed by atoms with van der Waals surface area (Å²) in [5, 5.41) is 3.96. The number of nitrogens with zero attached hydrogens (tertiary/aromatic N) is 2. The largest absolute Gasteiger partial charge is 0.372 e. The minimum Gasteiger partial charge on any atom is -0.372 e. The van der Waals surface area contributed by atoms with Gasteiger partial charge in [0, 0.05) is 53.7 Å². The van der Waals surface area contributed by atoms with Gasteiger partial charge < -0.3 is 20.1 Å². The Morgan fingerprint density at radius 2 is 1.86 bits per heavy atom. The van der Waals surface area contributed by atoms with Crippen molar-refractivity contribution < 1.29 is 4.79 Å². The van der Waals surface area contributed by atoms with Crippen LogP contribution in [0.5, 0.6) is 0 Å². The molecule has 0 spiro atoms. The molecule has 1 saturated heterocycles. The van der Waals surface area contributed by atoms with E-state index in [1.165, 1.54) is 25.1 Å². The Hall–Kier alpha value is -2.79. The van der Waals surface area contributed by atoms with Crippen LogP contribution in [0.1, 0.15) is 23.2 Å². The first-order valence-electron chi connectivity index (χ1n) is 9.97. The van der Waals surface area contributed by atoms with E-state index in [1.54, 1.807) is 0 Å².